The van der Waals surface area contributed by atoms with Crippen molar-refractivity contribution in [1.29, 1.82) is 0 Å². The number of esters is 1. The average Bonchev–Trinajstić information content (AvgIpc) is 2.46. The zero-order valence-electron chi connectivity index (χ0n) is 10.3. The van der Waals surface area contributed by atoms with Gasteiger partial charge >= 0.3 is 5.97 Å². The van der Waals surface area contributed by atoms with E-state index in [1.165, 1.54) is 7.11 Å². The highest BCUT2D eigenvalue weighted by molar-refractivity contribution is 14.1. The first kappa shape index (κ1) is 13.7. The highest BCUT2D eigenvalue weighted by Gasteiger charge is 2.07. The SMILES string of the molecule is COC(=O)c1ccc(N=Cc2ccccc2)c(I)c1. The molecule has 2 aromatic carbocycles. The van der Waals surface area contributed by atoms with Crippen molar-refractivity contribution in [3.8, 4) is 0 Å². The van der Waals surface area contributed by atoms with E-state index in [1.54, 1.807) is 18.3 Å². The molecular weight excluding hydrogens is 353 g/mol. The molecule has 0 bridgehead atoms. The van der Waals surface area contributed by atoms with E-state index >= 15 is 0 Å². The number of nitrogens with zero attached hydrogens (tertiary/aromatic N) is 1. The number of carbonyl (C=O) groups excluding carboxylic acids is 1. The summed E-state index contributed by atoms with van der Waals surface area (Å²) in [5.41, 5.74) is 2.40. The minimum atomic E-state index is -0.337. The van der Waals surface area contributed by atoms with Gasteiger partial charge in [-0.15, -0.1) is 0 Å². The summed E-state index contributed by atoms with van der Waals surface area (Å²) in [6.45, 7) is 0. The summed E-state index contributed by atoms with van der Waals surface area (Å²) >= 11 is 2.16. The molecule has 0 amide bonds. The van der Waals surface area contributed by atoms with Crippen molar-refractivity contribution in [2.75, 3.05) is 7.11 Å². The fourth-order valence-electron chi connectivity index (χ4n) is 1.54. The molecule has 2 aromatic rings. The number of halogens is 1. The molecule has 3 nitrogen and oxygen atoms in total. The second kappa shape index (κ2) is 6.47. The maximum absolute atomic E-state index is 11.4. The van der Waals surface area contributed by atoms with E-state index in [1.807, 2.05) is 36.4 Å². The van der Waals surface area contributed by atoms with Gasteiger partial charge in [0.2, 0.25) is 0 Å². The van der Waals surface area contributed by atoms with Gasteiger partial charge in [-0.2, -0.15) is 0 Å². The molecule has 19 heavy (non-hydrogen) atoms. The van der Waals surface area contributed by atoms with E-state index in [0.717, 1.165) is 14.8 Å². The number of hydrogen-bond donors (Lipinski definition) is 0. The summed E-state index contributed by atoms with van der Waals surface area (Å²) in [6, 6.07) is 15.2. The van der Waals surface area contributed by atoms with Crippen molar-refractivity contribution in [3.63, 3.8) is 0 Å². The zero-order chi connectivity index (χ0) is 13.7. The number of benzene rings is 2. The van der Waals surface area contributed by atoms with Crippen molar-refractivity contribution in [2.45, 2.75) is 0 Å². The van der Waals surface area contributed by atoms with Crippen LogP contribution < -0.4 is 0 Å². The highest BCUT2D eigenvalue weighted by Crippen LogP contribution is 2.22. The number of ether oxygens (including phenoxy) is 1. The first-order chi connectivity index (χ1) is 9.20. The number of aliphatic imine (C=N–C) groups is 1. The summed E-state index contributed by atoms with van der Waals surface area (Å²) in [7, 11) is 1.37. The van der Waals surface area contributed by atoms with E-state index < -0.39 is 0 Å². The van der Waals surface area contributed by atoms with Crippen LogP contribution in [0, 0.1) is 3.57 Å². The van der Waals surface area contributed by atoms with Crippen LogP contribution in [-0.4, -0.2) is 19.3 Å². The number of carbonyl (C=O) groups is 1. The third kappa shape index (κ3) is 3.64. The molecule has 0 saturated heterocycles. The molecule has 0 spiro atoms. The summed E-state index contributed by atoms with van der Waals surface area (Å²) < 4.78 is 5.59. The fourth-order valence-corrected chi connectivity index (χ4v) is 2.19. The molecule has 0 aliphatic carbocycles. The molecule has 0 unspecified atom stereocenters. The molecule has 0 aromatic heterocycles. The first-order valence-corrected chi connectivity index (χ1v) is 6.75. The summed E-state index contributed by atoms with van der Waals surface area (Å²) in [4.78, 5) is 15.8. The molecule has 0 atom stereocenters. The molecule has 0 radical (unpaired) electrons. The van der Waals surface area contributed by atoms with Crippen LogP contribution in [0.1, 0.15) is 15.9 Å². The minimum absolute atomic E-state index is 0.337. The Bertz CT molecular complexity index is 609. The standard InChI is InChI=1S/C15H12INO2/c1-19-15(18)12-7-8-14(13(16)9-12)17-10-11-5-3-2-4-6-11/h2-10H,1H3. The van der Waals surface area contributed by atoms with Crippen LogP contribution in [0.25, 0.3) is 0 Å². The monoisotopic (exact) mass is 365 g/mol. The third-order valence-electron chi connectivity index (χ3n) is 2.52. The smallest absolute Gasteiger partial charge is 0.337 e. The molecule has 4 heteroatoms. The minimum Gasteiger partial charge on any atom is -0.465 e. The maximum atomic E-state index is 11.4. The first-order valence-electron chi connectivity index (χ1n) is 5.67. The van der Waals surface area contributed by atoms with Crippen LogP contribution in [0.3, 0.4) is 0 Å². The largest absolute Gasteiger partial charge is 0.465 e. The Morgan fingerprint density at radius 3 is 2.58 bits per heavy atom. The van der Waals surface area contributed by atoms with Gasteiger partial charge in [0, 0.05) is 9.78 Å². The van der Waals surface area contributed by atoms with E-state index in [0.29, 0.717) is 5.56 Å². The Balaban J connectivity index is 2.22. The van der Waals surface area contributed by atoms with Gasteiger partial charge in [0.25, 0.3) is 0 Å². The fraction of sp³-hybridized carbons (Fsp3) is 0.0667. The Labute approximate surface area is 125 Å². The quantitative estimate of drug-likeness (QED) is 0.471. The normalized spacial score (nSPS) is 10.6. The van der Waals surface area contributed by atoms with Crippen LogP contribution in [0.5, 0.6) is 0 Å². The molecule has 0 heterocycles. The van der Waals surface area contributed by atoms with Gasteiger partial charge in [-0.3, -0.25) is 4.99 Å². The van der Waals surface area contributed by atoms with Crippen LogP contribution in [0.15, 0.2) is 53.5 Å². The Morgan fingerprint density at radius 2 is 1.95 bits per heavy atom. The van der Waals surface area contributed by atoms with Crippen LogP contribution in [-0.2, 0) is 4.74 Å². The molecule has 0 fully saturated rings. The summed E-state index contributed by atoms with van der Waals surface area (Å²) in [5.74, 6) is -0.337. The lowest BCUT2D eigenvalue weighted by Gasteiger charge is -2.02. The van der Waals surface area contributed by atoms with Crippen molar-refractivity contribution in [2.24, 2.45) is 4.99 Å². The summed E-state index contributed by atoms with van der Waals surface area (Å²) in [6.07, 6.45) is 1.80. The van der Waals surface area contributed by atoms with E-state index in [2.05, 4.69) is 32.3 Å². The topological polar surface area (TPSA) is 38.7 Å². The zero-order valence-corrected chi connectivity index (χ0v) is 12.5. The van der Waals surface area contributed by atoms with Crippen molar-refractivity contribution in [3.05, 3.63) is 63.2 Å². The molecule has 0 saturated carbocycles. The predicted molar refractivity (Wildman–Crippen MR) is 84.2 cm³/mol. The van der Waals surface area contributed by atoms with Crippen molar-refractivity contribution in [1.82, 2.24) is 0 Å². The van der Waals surface area contributed by atoms with E-state index in [9.17, 15) is 4.79 Å². The molecular formula is C15H12INO2. The number of methoxy groups -OCH3 is 1. The van der Waals surface area contributed by atoms with Gasteiger partial charge in [0.1, 0.15) is 0 Å². The number of rotatable bonds is 3. The van der Waals surface area contributed by atoms with E-state index in [-0.39, 0.29) is 5.97 Å². The second-order valence-corrected chi connectivity index (χ2v) is 4.99. The van der Waals surface area contributed by atoms with Crippen molar-refractivity contribution < 1.29 is 9.53 Å². The Kier molecular flexibility index (Phi) is 4.68. The lowest BCUT2D eigenvalue weighted by molar-refractivity contribution is 0.0600. The highest BCUT2D eigenvalue weighted by atomic mass is 127. The van der Waals surface area contributed by atoms with Crippen LogP contribution >= 0.6 is 22.6 Å². The second-order valence-electron chi connectivity index (χ2n) is 3.83. The lowest BCUT2D eigenvalue weighted by Crippen LogP contribution is -2.00. The summed E-state index contributed by atoms with van der Waals surface area (Å²) in [5, 5.41) is 0. The van der Waals surface area contributed by atoms with Gasteiger partial charge in [0.05, 0.1) is 18.4 Å². The molecule has 0 aliphatic heterocycles. The molecule has 0 N–H and O–H groups in total. The molecule has 96 valence electrons. The van der Waals surface area contributed by atoms with Gasteiger partial charge in [-0.25, -0.2) is 4.79 Å². The van der Waals surface area contributed by atoms with Crippen molar-refractivity contribution >= 4 is 40.5 Å². The maximum Gasteiger partial charge on any atom is 0.337 e. The van der Waals surface area contributed by atoms with E-state index in [4.69, 9.17) is 0 Å². The average molecular weight is 365 g/mol. The number of hydrogen-bond acceptors (Lipinski definition) is 3. The van der Waals surface area contributed by atoms with Crippen LogP contribution in [0.2, 0.25) is 0 Å². The van der Waals surface area contributed by atoms with Crippen LogP contribution in [0.4, 0.5) is 5.69 Å². The third-order valence-corrected chi connectivity index (χ3v) is 3.39. The lowest BCUT2D eigenvalue weighted by atomic mass is 10.2. The Morgan fingerprint density at radius 1 is 1.21 bits per heavy atom. The molecule has 2 rings (SSSR count). The predicted octanol–water partition coefficient (Wildman–Crippen LogP) is 3.83. The van der Waals surface area contributed by atoms with Gasteiger partial charge in [-0.05, 0) is 46.4 Å². The Hall–Kier alpha value is -1.69. The molecule has 0 aliphatic rings. The van der Waals surface area contributed by atoms with Gasteiger partial charge < -0.3 is 4.74 Å². The van der Waals surface area contributed by atoms with Gasteiger partial charge in [-0.1, -0.05) is 30.3 Å². The van der Waals surface area contributed by atoms with Gasteiger partial charge in [0.15, 0.2) is 0 Å².